The topological polar surface area (TPSA) is 66.5 Å². The van der Waals surface area contributed by atoms with Crippen LogP contribution in [0.4, 0.5) is 11.4 Å². The van der Waals surface area contributed by atoms with E-state index in [1.54, 1.807) is 37.3 Å². The number of benzene rings is 2. The molecule has 0 heterocycles. The normalized spacial score (nSPS) is 12.5. The van der Waals surface area contributed by atoms with Crippen molar-refractivity contribution in [2.24, 2.45) is 0 Å². The summed E-state index contributed by atoms with van der Waals surface area (Å²) in [6.45, 7) is 3.69. The molecule has 0 unspecified atom stereocenters. The van der Waals surface area contributed by atoms with Gasteiger partial charge in [0.1, 0.15) is 6.04 Å². The second-order valence-electron chi connectivity index (χ2n) is 5.82. The predicted molar refractivity (Wildman–Crippen MR) is 103 cm³/mol. The maximum Gasteiger partial charge on any atom is 0.248 e. The Kier molecular flexibility index (Phi) is 6.08. The van der Waals surface area contributed by atoms with Gasteiger partial charge in [-0.3, -0.25) is 9.10 Å². The summed E-state index contributed by atoms with van der Waals surface area (Å²) < 4.78 is 25.8. The molecule has 0 bridgehead atoms. The zero-order chi connectivity index (χ0) is 18.6. The molecule has 0 radical (unpaired) electrons. The molecule has 2 aromatic carbocycles. The Labute approximate surface area is 153 Å². The Morgan fingerprint density at radius 2 is 1.84 bits per heavy atom. The average Bonchev–Trinajstić information content (AvgIpc) is 2.52. The standard InChI is InChI=1S/C18H21ClN2O3S/c1-4-17(18(22)20-15-7-5-6-13(2)12-15)21(25(3,23)24)16-10-8-14(19)9-11-16/h5-12,17H,4H2,1-3H3,(H,20,22)/t17-/m1/s1. The van der Waals surface area contributed by atoms with E-state index in [1.165, 1.54) is 0 Å². The molecule has 0 saturated heterocycles. The SMILES string of the molecule is CC[C@H](C(=O)Nc1cccc(C)c1)N(c1ccc(Cl)cc1)S(C)(=O)=O. The van der Waals surface area contributed by atoms with Crippen LogP contribution in [0.2, 0.25) is 5.02 Å². The van der Waals surface area contributed by atoms with Crippen LogP contribution in [-0.4, -0.2) is 26.6 Å². The molecule has 2 aromatic rings. The van der Waals surface area contributed by atoms with Crippen LogP contribution in [0.3, 0.4) is 0 Å². The summed E-state index contributed by atoms with van der Waals surface area (Å²) >= 11 is 5.88. The van der Waals surface area contributed by atoms with E-state index in [0.29, 0.717) is 22.8 Å². The molecule has 0 aliphatic heterocycles. The highest BCUT2D eigenvalue weighted by Gasteiger charge is 2.31. The third kappa shape index (κ3) is 4.96. The minimum atomic E-state index is -3.66. The van der Waals surface area contributed by atoms with Crippen LogP contribution in [-0.2, 0) is 14.8 Å². The van der Waals surface area contributed by atoms with Crippen molar-refractivity contribution in [1.82, 2.24) is 0 Å². The maximum absolute atomic E-state index is 12.7. The lowest BCUT2D eigenvalue weighted by Gasteiger charge is -2.30. The predicted octanol–water partition coefficient (Wildman–Crippen LogP) is 3.83. The first-order valence-corrected chi connectivity index (χ1v) is 10.1. The largest absolute Gasteiger partial charge is 0.324 e. The summed E-state index contributed by atoms with van der Waals surface area (Å²) in [5.74, 6) is -0.381. The zero-order valence-corrected chi connectivity index (χ0v) is 15.9. The molecule has 0 aliphatic carbocycles. The van der Waals surface area contributed by atoms with E-state index in [2.05, 4.69) is 5.32 Å². The average molecular weight is 381 g/mol. The molecule has 25 heavy (non-hydrogen) atoms. The quantitative estimate of drug-likeness (QED) is 0.828. The van der Waals surface area contributed by atoms with Crippen LogP contribution in [0.5, 0.6) is 0 Å². The monoisotopic (exact) mass is 380 g/mol. The molecule has 0 spiro atoms. The Morgan fingerprint density at radius 3 is 2.36 bits per heavy atom. The number of halogens is 1. The molecule has 0 aromatic heterocycles. The first-order valence-electron chi connectivity index (χ1n) is 7.85. The van der Waals surface area contributed by atoms with Crippen molar-refractivity contribution in [1.29, 1.82) is 0 Å². The van der Waals surface area contributed by atoms with Crippen molar-refractivity contribution in [2.45, 2.75) is 26.3 Å². The van der Waals surface area contributed by atoms with E-state index in [0.717, 1.165) is 16.1 Å². The van der Waals surface area contributed by atoms with Crippen molar-refractivity contribution >= 4 is 38.9 Å². The minimum absolute atomic E-state index is 0.327. The fraction of sp³-hybridized carbons (Fsp3) is 0.278. The fourth-order valence-electron chi connectivity index (χ4n) is 2.60. The third-order valence-corrected chi connectivity index (χ3v) is 5.13. The smallest absolute Gasteiger partial charge is 0.248 e. The Hall–Kier alpha value is -2.05. The van der Waals surface area contributed by atoms with Gasteiger partial charge in [0.05, 0.1) is 11.9 Å². The molecule has 0 aliphatic rings. The molecule has 0 saturated carbocycles. The number of sulfonamides is 1. The van der Waals surface area contributed by atoms with Crippen LogP contribution in [0.15, 0.2) is 48.5 Å². The number of amides is 1. The molecule has 0 fully saturated rings. The van der Waals surface area contributed by atoms with Gasteiger partial charge in [-0.1, -0.05) is 30.7 Å². The van der Waals surface area contributed by atoms with Crippen LogP contribution in [0, 0.1) is 6.92 Å². The lowest BCUT2D eigenvalue weighted by Crippen LogP contribution is -2.47. The van der Waals surface area contributed by atoms with E-state index in [-0.39, 0.29) is 5.91 Å². The molecule has 7 heteroatoms. The molecular formula is C18H21ClN2O3S. The minimum Gasteiger partial charge on any atom is -0.324 e. The van der Waals surface area contributed by atoms with E-state index >= 15 is 0 Å². The Balaban J connectivity index is 2.36. The number of carbonyl (C=O) groups is 1. The first kappa shape index (κ1) is 19.3. The number of hydrogen-bond acceptors (Lipinski definition) is 3. The van der Waals surface area contributed by atoms with Gasteiger partial charge in [0.15, 0.2) is 0 Å². The molecule has 1 N–H and O–H groups in total. The highest BCUT2D eigenvalue weighted by Crippen LogP contribution is 2.25. The summed E-state index contributed by atoms with van der Waals surface area (Å²) in [6.07, 6.45) is 1.41. The number of nitrogens with one attached hydrogen (secondary N) is 1. The van der Waals surface area contributed by atoms with Crippen molar-refractivity contribution in [3.05, 3.63) is 59.1 Å². The highest BCUT2D eigenvalue weighted by atomic mass is 35.5. The van der Waals surface area contributed by atoms with Gasteiger partial charge in [-0.05, 0) is 55.3 Å². The van der Waals surface area contributed by atoms with Gasteiger partial charge in [-0.25, -0.2) is 8.42 Å². The molecule has 1 atom stereocenters. The number of anilines is 2. The molecule has 134 valence electrons. The molecule has 2 rings (SSSR count). The molecular weight excluding hydrogens is 360 g/mol. The van der Waals surface area contributed by atoms with Crippen molar-refractivity contribution < 1.29 is 13.2 Å². The van der Waals surface area contributed by atoms with Crippen LogP contribution < -0.4 is 9.62 Å². The molecule has 1 amide bonds. The van der Waals surface area contributed by atoms with E-state index in [9.17, 15) is 13.2 Å². The maximum atomic E-state index is 12.7. The highest BCUT2D eigenvalue weighted by molar-refractivity contribution is 7.92. The first-order chi connectivity index (χ1) is 11.7. The fourth-order valence-corrected chi connectivity index (χ4v) is 3.93. The lowest BCUT2D eigenvalue weighted by atomic mass is 10.1. The van der Waals surface area contributed by atoms with E-state index < -0.39 is 16.1 Å². The van der Waals surface area contributed by atoms with Crippen LogP contribution in [0.25, 0.3) is 0 Å². The van der Waals surface area contributed by atoms with Gasteiger partial charge in [0.25, 0.3) is 0 Å². The summed E-state index contributed by atoms with van der Waals surface area (Å²) in [7, 11) is -3.66. The van der Waals surface area contributed by atoms with Gasteiger partial charge in [-0.2, -0.15) is 0 Å². The van der Waals surface area contributed by atoms with Gasteiger partial charge in [0, 0.05) is 10.7 Å². The van der Waals surface area contributed by atoms with Gasteiger partial charge < -0.3 is 5.32 Å². The van der Waals surface area contributed by atoms with Crippen LogP contribution in [0.1, 0.15) is 18.9 Å². The second-order valence-corrected chi connectivity index (χ2v) is 8.11. The number of carbonyl (C=O) groups excluding carboxylic acids is 1. The lowest BCUT2D eigenvalue weighted by molar-refractivity contribution is -0.117. The molecule has 5 nitrogen and oxygen atoms in total. The Morgan fingerprint density at radius 1 is 1.20 bits per heavy atom. The number of hydrogen-bond donors (Lipinski definition) is 1. The van der Waals surface area contributed by atoms with E-state index in [1.807, 2.05) is 25.1 Å². The van der Waals surface area contributed by atoms with E-state index in [4.69, 9.17) is 11.6 Å². The van der Waals surface area contributed by atoms with Crippen LogP contribution >= 0.6 is 11.6 Å². The number of rotatable bonds is 6. The van der Waals surface area contributed by atoms with Gasteiger partial charge in [-0.15, -0.1) is 0 Å². The van der Waals surface area contributed by atoms with Crippen molar-refractivity contribution in [3.8, 4) is 0 Å². The third-order valence-electron chi connectivity index (χ3n) is 3.70. The Bertz CT molecular complexity index is 851. The summed E-state index contributed by atoms with van der Waals surface area (Å²) in [4.78, 5) is 12.7. The number of aryl methyl sites for hydroxylation is 1. The van der Waals surface area contributed by atoms with Crippen molar-refractivity contribution in [2.75, 3.05) is 15.9 Å². The summed E-state index contributed by atoms with van der Waals surface area (Å²) in [6, 6.07) is 12.9. The van der Waals surface area contributed by atoms with Crippen molar-refractivity contribution in [3.63, 3.8) is 0 Å². The summed E-state index contributed by atoms with van der Waals surface area (Å²) in [5, 5.41) is 3.29. The van der Waals surface area contributed by atoms with Gasteiger partial charge >= 0.3 is 0 Å². The number of nitrogens with zero attached hydrogens (tertiary/aromatic N) is 1. The second kappa shape index (κ2) is 7.89. The van der Waals surface area contributed by atoms with Gasteiger partial charge in [0.2, 0.25) is 15.9 Å². The zero-order valence-electron chi connectivity index (χ0n) is 14.4. The summed E-state index contributed by atoms with van der Waals surface area (Å²) in [5.41, 5.74) is 2.04.